The average molecular weight is 429 g/mol. The largest absolute Gasteiger partial charge is 0.497 e. The lowest BCUT2D eigenvalue weighted by Crippen LogP contribution is -2.33. The van der Waals surface area contributed by atoms with Gasteiger partial charge >= 0.3 is 0 Å². The Kier molecular flexibility index (Phi) is 8.00. The molecule has 1 aliphatic rings. The second kappa shape index (κ2) is 10.9. The van der Waals surface area contributed by atoms with Crippen LogP contribution in [0.15, 0.2) is 36.4 Å². The molecule has 2 aromatic rings. The molecule has 31 heavy (non-hydrogen) atoms. The normalized spacial score (nSPS) is 16.1. The number of likely N-dealkylation sites (tertiary alicyclic amines) is 1. The summed E-state index contributed by atoms with van der Waals surface area (Å²) in [5.41, 5.74) is 1.66. The lowest BCUT2D eigenvalue weighted by Gasteiger charge is -2.26. The number of anilines is 1. The predicted molar refractivity (Wildman–Crippen MR) is 121 cm³/mol. The maximum atomic E-state index is 12.9. The van der Waals surface area contributed by atoms with E-state index in [1.807, 2.05) is 44.2 Å². The van der Waals surface area contributed by atoms with Crippen molar-refractivity contribution < 1.29 is 23.7 Å². The number of benzene rings is 2. The molecule has 3 rings (SSSR count). The van der Waals surface area contributed by atoms with E-state index in [1.165, 1.54) is 0 Å². The van der Waals surface area contributed by atoms with Crippen LogP contribution in [0.4, 0.5) is 5.69 Å². The molecule has 0 aliphatic carbocycles. The van der Waals surface area contributed by atoms with Crippen molar-refractivity contribution in [1.29, 1.82) is 0 Å². The molecule has 0 radical (unpaired) electrons. The summed E-state index contributed by atoms with van der Waals surface area (Å²) in [6.45, 7) is 6.03. The van der Waals surface area contributed by atoms with Crippen molar-refractivity contribution in [3.05, 3.63) is 42.0 Å². The summed E-state index contributed by atoms with van der Waals surface area (Å²) in [6.07, 6.45) is 1.98. The molecule has 1 amide bonds. The molecule has 1 aliphatic heterocycles. The summed E-state index contributed by atoms with van der Waals surface area (Å²) in [5.74, 6) is 2.82. The van der Waals surface area contributed by atoms with Crippen molar-refractivity contribution in [2.75, 3.05) is 45.8 Å². The van der Waals surface area contributed by atoms with Gasteiger partial charge in [-0.2, -0.15) is 0 Å². The lowest BCUT2D eigenvalue weighted by molar-refractivity contribution is -0.117. The van der Waals surface area contributed by atoms with Gasteiger partial charge in [-0.1, -0.05) is 0 Å². The number of methoxy groups -OCH3 is 2. The number of amides is 1. The Balaban J connectivity index is 1.75. The minimum Gasteiger partial charge on any atom is -0.497 e. The molecular weight excluding hydrogens is 396 g/mol. The highest BCUT2D eigenvalue weighted by molar-refractivity contribution is 5.94. The van der Waals surface area contributed by atoms with E-state index in [4.69, 9.17) is 18.9 Å². The molecule has 0 aromatic heterocycles. The van der Waals surface area contributed by atoms with E-state index in [0.717, 1.165) is 36.4 Å². The van der Waals surface area contributed by atoms with Crippen LogP contribution in [0, 0.1) is 0 Å². The predicted octanol–water partition coefficient (Wildman–Crippen LogP) is 4.28. The van der Waals surface area contributed by atoms with E-state index in [-0.39, 0.29) is 18.5 Å². The van der Waals surface area contributed by atoms with Crippen LogP contribution < -0.4 is 24.3 Å². The molecule has 0 saturated carbocycles. The third-order valence-corrected chi connectivity index (χ3v) is 5.34. The Morgan fingerprint density at radius 2 is 1.74 bits per heavy atom. The van der Waals surface area contributed by atoms with E-state index < -0.39 is 0 Å². The van der Waals surface area contributed by atoms with Crippen molar-refractivity contribution in [3.8, 4) is 23.0 Å². The average Bonchev–Trinajstić information content (AvgIpc) is 3.23. The van der Waals surface area contributed by atoms with Crippen LogP contribution in [0.5, 0.6) is 23.0 Å². The van der Waals surface area contributed by atoms with Crippen molar-refractivity contribution >= 4 is 11.6 Å². The third kappa shape index (κ3) is 5.61. The lowest BCUT2D eigenvalue weighted by atomic mass is 10.0. The van der Waals surface area contributed by atoms with Crippen LogP contribution in [0.2, 0.25) is 0 Å². The van der Waals surface area contributed by atoms with Gasteiger partial charge in [0.25, 0.3) is 0 Å². The molecule has 0 spiro atoms. The monoisotopic (exact) mass is 428 g/mol. The molecule has 7 heteroatoms. The number of carbonyl (C=O) groups excluding carboxylic acids is 1. The van der Waals surface area contributed by atoms with E-state index in [9.17, 15) is 4.79 Å². The zero-order valence-electron chi connectivity index (χ0n) is 18.8. The van der Waals surface area contributed by atoms with Gasteiger partial charge in [0.15, 0.2) is 0 Å². The number of rotatable bonds is 10. The zero-order chi connectivity index (χ0) is 22.2. The van der Waals surface area contributed by atoms with Crippen LogP contribution in [0.1, 0.15) is 38.3 Å². The summed E-state index contributed by atoms with van der Waals surface area (Å²) < 4.78 is 22.2. The molecule has 0 bridgehead atoms. The van der Waals surface area contributed by atoms with E-state index in [0.29, 0.717) is 30.4 Å². The minimum atomic E-state index is -0.0941. The Morgan fingerprint density at radius 3 is 2.45 bits per heavy atom. The van der Waals surface area contributed by atoms with Crippen LogP contribution in [-0.2, 0) is 4.79 Å². The molecule has 1 fully saturated rings. The maximum Gasteiger partial charge on any atom is 0.238 e. The number of nitrogens with zero attached hydrogens (tertiary/aromatic N) is 1. The maximum absolute atomic E-state index is 12.9. The van der Waals surface area contributed by atoms with Gasteiger partial charge in [0.1, 0.15) is 23.0 Å². The van der Waals surface area contributed by atoms with Crippen LogP contribution in [-0.4, -0.2) is 51.3 Å². The Bertz CT molecular complexity index is 886. The fourth-order valence-electron chi connectivity index (χ4n) is 3.99. The van der Waals surface area contributed by atoms with Crippen molar-refractivity contribution in [2.24, 2.45) is 0 Å². The van der Waals surface area contributed by atoms with Crippen molar-refractivity contribution in [3.63, 3.8) is 0 Å². The van der Waals surface area contributed by atoms with Gasteiger partial charge in [-0.3, -0.25) is 9.69 Å². The minimum absolute atomic E-state index is 0.0941. The Hall–Kier alpha value is -2.93. The van der Waals surface area contributed by atoms with Gasteiger partial charge in [0.05, 0.1) is 39.7 Å². The van der Waals surface area contributed by atoms with Crippen LogP contribution >= 0.6 is 0 Å². The van der Waals surface area contributed by atoms with Gasteiger partial charge in [-0.05, 0) is 63.6 Å². The quantitative estimate of drug-likeness (QED) is 0.609. The van der Waals surface area contributed by atoms with Crippen molar-refractivity contribution in [2.45, 2.75) is 32.7 Å². The van der Waals surface area contributed by atoms with Gasteiger partial charge in [0.2, 0.25) is 5.91 Å². The number of carbonyl (C=O) groups is 1. The molecule has 7 nitrogen and oxygen atoms in total. The smallest absolute Gasteiger partial charge is 0.238 e. The molecular formula is C24H32N2O5. The first-order chi connectivity index (χ1) is 15.1. The van der Waals surface area contributed by atoms with E-state index >= 15 is 0 Å². The highest BCUT2D eigenvalue weighted by atomic mass is 16.5. The molecule has 1 N–H and O–H groups in total. The highest BCUT2D eigenvalue weighted by Gasteiger charge is 2.30. The van der Waals surface area contributed by atoms with Crippen molar-refractivity contribution in [1.82, 2.24) is 4.90 Å². The molecule has 1 heterocycles. The standard InChI is InChI=1S/C24H32N2O5/c1-5-30-18-10-12-23(31-6-2)20(15-18)25-24(27)16-26-13-7-8-21(26)19-14-17(28-3)9-11-22(19)29-4/h9-12,14-15,21H,5-8,13,16H2,1-4H3,(H,25,27). The summed E-state index contributed by atoms with van der Waals surface area (Å²) >= 11 is 0. The number of hydrogen-bond acceptors (Lipinski definition) is 6. The highest BCUT2D eigenvalue weighted by Crippen LogP contribution is 2.39. The topological polar surface area (TPSA) is 69.3 Å². The Labute approximate surface area is 184 Å². The molecule has 1 atom stereocenters. The zero-order valence-corrected chi connectivity index (χ0v) is 18.8. The second-order valence-corrected chi connectivity index (χ2v) is 7.31. The fraction of sp³-hybridized carbons (Fsp3) is 0.458. The van der Waals surface area contributed by atoms with E-state index in [2.05, 4.69) is 10.2 Å². The fourth-order valence-corrected chi connectivity index (χ4v) is 3.99. The summed E-state index contributed by atoms with van der Waals surface area (Å²) in [5, 5.41) is 3.00. The van der Waals surface area contributed by atoms with Gasteiger partial charge in [-0.15, -0.1) is 0 Å². The van der Waals surface area contributed by atoms with E-state index in [1.54, 1.807) is 20.3 Å². The molecule has 1 saturated heterocycles. The third-order valence-electron chi connectivity index (χ3n) is 5.34. The number of ether oxygens (including phenoxy) is 4. The summed E-state index contributed by atoms with van der Waals surface area (Å²) in [4.78, 5) is 15.1. The molecule has 168 valence electrons. The van der Waals surface area contributed by atoms with Crippen LogP contribution in [0.25, 0.3) is 0 Å². The van der Waals surface area contributed by atoms with Crippen LogP contribution in [0.3, 0.4) is 0 Å². The first-order valence-corrected chi connectivity index (χ1v) is 10.7. The first-order valence-electron chi connectivity index (χ1n) is 10.7. The number of nitrogens with one attached hydrogen (secondary N) is 1. The summed E-state index contributed by atoms with van der Waals surface area (Å²) in [6, 6.07) is 11.4. The second-order valence-electron chi connectivity index (χ2n) is 7.31. The van der Waals surface area contributed by atoms with Gasteiger partial charge in [0, 0.05) is 17.7 Å². The molecule has 1 unspecified atom stereocenters. The van der Waals surface area contributed by atoms with Gasteiger partial charge in [-0.25, -0.2) is 0 Å². The SMILES string of the molecule is CCOc1ccc(OCC)c(NC(=O)CN2CCCC2c2cc(OC)ccc2OC)c1. The number of hydrogen-bond donors (Lipinski definition) is 1. The summed E-state index contributed by atoms with van der Waals surface area (Å²) in [7, 11) is 3.32. The Morgan fingerprint density at radius 1 is 1.00 bits per heavy atom. The van der Waals surface area contributed by atoms with Gasteiger partial charge < -0.3 is 24.3 Å². The molecule has 2 aromatic carbocycles. The first kappa shape index (κ1) is 22.7.